The molecule has 32 heavy (non-hydrogen) atoms. The first-order valence-corrected chi connectivity index (χ1v) is 10.6. The van der Waals surface area contributed by atoms with Gasteiger partial charge in [0.25, 0.3) is 0 Å². The lowest BCUT2D eigenvalue weighted by Gasteiger charge is -2.25. The number of likely N-dealkylation sites (tertiary alicyclic amines) is 1. The number of benzene rings is 2. The summed E-state index contributed by atoms with van der Waals surface area (Å²) in [6.45, 7) is 4.71. The van der Waals surface area contributed by atoms with Gasteiger partial charge in [-0.2, -0.15) is 0 Å². The van der Waals surface area contributed by atoms with Gasteiger partial charge < -0.3 is 24.5 Å². The Morgan fingerprint density at radius 1 is 1.12 bits per heavy atom. The zero-order valence-electron chi connectivity index (χ0n) is 18.5. The van der Waals surface area contributed by atoms with Crippen molar-refractivity contribution in [3.63, 3.8) is 0 Å². The summed E-state index contributed by atoms with van der Waals surface area (Å²) in [7, 11) is 1.34. The van der Waals surface area contributed by atoms with Gasteiger partial charge in [-0.25, -0.2) is 4.79 Å². The van der Waals surface area contributed by atoms with E-state index in [9.17, 15) is 9.59 Å². The number of esters is 1. The van der Waals surface area contributed by atoms with E-state index >= 15 is 0 Å². The smallest absolute Gasteiger partial charge is 0.341 e. The minimum absolute atomic E-state index is 0.0347. The van der Waals surface area contributed by atoms with Crippen LogP contribution in [-0.2, 0) is 9.53 Å². The van der Waals surface area contributed by atoms with Gasteiger partial charge in [0.05, 0.1) is 19.3 Å². The third-order valence-electron chi connectivity index (χ3n) is 5.83. The van der Waals surface area contributed by atoms with Gasteiger partial charge in [0.2, 0.25) is 5.91 Å². The molecule has 4 rings (SSSR count). The maximum absolute atomic E-state index is 12.9. The Bertz CT molecular complexity index is 1100. The highest BCUT2D eigenvalue weighted by atomic mass is 16.5. The molecule has 0 bridgehead atoms. The highest BCUT2D eigenvalue weighted by Crippen LogP contribution is 2.37. The molecule has 3 aromatic rings. The van der Waals surface area contributed by atoms with E-state index in [4.69, 9.17) is 19.6 Å². The van der Waals surface area contributed by atoms with E-state index in [2.05, 4.69) is 0 Å². The number of amides is 1. The Morgan fingerprint density at radius 2 is 1.84 bits per heavy atom. The summed E-state index contributed by atoms with van der Waals surface area (Å²) >= 11 is 0. The van der Waals surface area contributed by atoms with Gasteiger partial charge >= 0.3 is 5.97 Å². The number of para-hydroxylation sites is 2. The fourth-order valence-corrected chi connectivity index (χ4v) is 4.19. The lowest BCUT2D eigenvalue weighted by Crippen LogP contribution is -2.50. The standard InChI is InChI=1S/C25H28N2O5/c1-25(2,26)24(29)27-13-17(15-31-21-11-7-5-9-18(21)23(28)30-3)19(14-27)22-12-16-8-4-6-10-20(16)32-22/h4-12,17,19H,13-15,26H2,1-3H3/t17-,19+/m0/s1. The van der Waals surface area contributed by atoms with Crippen molar-refractivity contribution in [2.45, 2.75) is 25.3 Å². The van der Waals surface area contributed by atoms with Crippen molar-refractivity contribution in [2.24, 2.45) is 11.7 Å². The summed E-state index contributed by atoms with van der Waals surface area (Å²) in [6.07, 6.45) is 0. The third-order valence-corrected chi connectivity index (χ3v) is 5.83. The van der Waals surface area contributed by atoms with Gasteiger partial charge in [-0.05, 0) is 38.1 Å². The van der Waals surface area contributed by atoms with Gasteiger partial charge in [0.1, 0.15) is 22.7 Å². The Hall–Kier alpha value is -3.32. The Labute approximate surface area is 187 Å². The molecule has 1 fully saturated rings. The number of rotatable bonds is 6. The highest BCUT2D eigenvalue weighted by Gasteiger charge is 2.41. The number of fused-ring (bicyclic) bond motifs is 1. The normalized spacial score (nSPS) is 18.7. The van der Waals surface area contributed by atoms with Crippen LogP contribution in [-0.4, -0.2) is 49.1 Å². The topological polar surface area (TPSA) is 95.0 Å². The molecule has 1 aliphatic heterocycles. The van der Waals surface area contributed by atoms with Crippen molar-refractivity contribution >= 4 is 22.8 Å². The number of hydrogen-bond donors (Lipinski definition) is 1. The van der Waals surface area contributed by atoms with Crippen molar-refractivity contribution in [3.8, 4) is 5.75 Å². The summed E-state index contributed by atoms with van der Waals surface area (Å²) in [5.41, 5.74) is 6.29. The number of carbonyl (C=O) groups excluding carboxylic acids is 2. The lowest BCUT2D eigenvalue weighted by molar-refractivity contribution is -0.134. The number of methoxy groups -OCH3 is 1. The Morgan fingerprint density at radius 3 is 2.56 bits per heavy atom. The first kappa shape index (κ1) is 21.9. The van der Waals surface area contributed by atoms with Crippen LogP contribution in [0.25, 0.3) is 11.0 Å². The van der Waals surface area contributed by atoms with E-state index in [1.165, 1.54) is 7.11 Å². The monoisotopic (exact) mass is 436 g/mol. The Balaban J connectivity index is 1.60. The second-order valence-corrected chi connectivity index (χ2v) is 8.78. The fraction of sp³-hybridized carbons (Fsp3) is 0.360. The lowest BCUT2D eigenvalue weighted by atomic mass is 9.94. The van der Waals surface area contributed by atoms with E-state index in [0.29, 0.717) is 31.0 Å². The number of nitrogens with zero attached hydrogens (tertiary/aromatic N) is 1. The van der Waals surface area contributed by atoms with Gasteiger partial charge in [-0.3, -0.25) is 4.79 Å². The van der Waals surface area contributed by atoms with E-state index in [1.807, 2.05) is 30.3 Å². The van der Waals surface area contributed by atoms with Crippen LogP contribution in [0.15, 0.2) is 59.0 Å². The second-order valence-electron chi connectivity index (χ2n) is 8.78. The molecule has 1 amide bonds. The van der Waals surface area contributed by atoms with Crippen molar-refractivity contribution in [2.75, 3.05) is 26.8 Å². The van der Waals surface area contributed by atoms with Crippen molar-refractivity contribution < 1.29 is 23.5 Å². The van der Waals surface area contributed by atoms with E-state index in [0.717, 1.165) is 16.7 Å². The Kier molecular flexibility index (Phi) is 5.93. The summed E-state index contributed by atoms with van der Waals surface area (Å²) in [4.78, 5) is 26.7. The number of carbonyl (C=O) groups is 2. The number of ether oxygens (including phenoxy) is 2. The fourth-order valence-electron chi connectivity index (χ4n) is 4.19. The third kappa shape index (κ3) is 4.34. The maximum Gasteiger partial charge on any atom is 0.341 e. The van der Waals surface area contributed by atoms with Gasteiger partial charge in [-0.15, -0.1) is 0 Å². The minimum Gasteiger partial charge on any atom is -0.492 e. The molecule has 2 N–H and O–H groups in total. The molecule has 0 unspecified atom stereocenters. The molecule has 2 heterocycles. The molecule has 0 aliphatic carbocycles. The van der Waals surface area contributed by atoms with Gasteiger partial charge in [0, 0.05) is 30.3 Å². The van der Waals surface area contributed by atoms with Crippen LogP contribution < -0.4 is 10.5 Å². The van der Waals surface area contributed by atoms with Crippen LogP contribution in [0.4, 0.5) is 0 Å². The molecule has 0 saturated carbocycles. The quantitative estimate of drug-likeness (QED) is 0.594. The molecule has 7 nitrogen and oxygen atoms in total. The maximum atomic E-state index is 12.9. The van der Waals surface area contributed by atoms with Crippen LogP contribution in [0.5, 0.6) is 5.75 Å². The van der Waals surface area contributed by atoms with Gasteiger partial charge in [0.15, 0.2) is 0 Å². The van der Waals surface area contributed by atoms with E-state index in [1.54, 1.807) is 43.0 Å². The molecule has 0 radical (unpaired) electrons. The summed E-state index contributed by atoms with van der Waals surface area (Å²) < 4.78 is 17.1. The summed E-state index contributed by atoms with van der Waals surface area (Å²) in [5.74, 6) is 0.600. The molecule has 2 atom stereocenters. The highest BCUT2D eigenvalue weighted by molar-refractivity contribution is 5.92. The first-order chi connectivity index (χ1) is 15.3. The van der Waals surface area contributed by atoms with Gasteiger partial charge in [-0.1, -0.05) is 30.3 Å². The first-order valence-electron chi connectivity index (χ1n) is 10.6. The SMILES string of the molecule is COC(=O)c1ccccc1OC[C@@H]1CN(C(=O)C(C)(C)N)C[C@H]1c1cc2ccccc2o1. The van der Waals surface area contributed by atoms with Crippen molar-refractivity contribution in [1.29, 1.82) is 0 Å². The van der Waals surface area contributed by atoms with Crippen LogP contribution in [0, 0.1) is 5.92 Å². The van der Waals surface area contributed by atoms with Crippen LogP contribution >= 0.6 is 0 Å². The second kappa shape index (κ2) is 8.67. The van der Waals surface area contributed by atoms with Crippen molar-refractivity contribution in [3.05, 3.63) is 65.9 Å². The predicted octanol–water partition coefficient (Wildman–Crippen LogP) is 3.58. The molecule has 1 aliphatic rings. The molecule has 1 saturated heterocycles. The van der Waals surface area contributed by atoms with Crippen LogP contribution in [0.2, 0.25) is 0 Å². The molecule has 7 heteroatoms. The zero-order chi connectivity index (χ0) is 22.9. The molecule has 0 spiro atoms. The number of hydrogen-bond acceptors (Lipinski definition) is 6. The average Bonchev–Trinajstić information content (AvgIpc) is 3.40. The van der Waals surface area contributed by atoms with E-state index < -0.39 is 11.5 Å². The zero-order valence-corrected chi connectivity index (χ0v) is 18.5. The molecular weight excluding hydrogens is 408 g/mol. The molecule has 1 aromatic heterocycles. The van der Waals surface area contributed by atoms with Crippen LogP contribution in [0.3, 0.4) is 0 Å². The summed E-state index contributed by atoms with van der Waals surface area (Å²) in [5, 5.41) is 1.02. The van der Waals surface area contributed by atoms with Crippen molar-refractivity contribution in [1.82, 2.24) is 4.90 Å². The van der Waals surface area contributed by atoms with Crippen LogP contribution in [0.1, 0.15) is 35.9 Å². The molecular formula is C25H28N2O5. The molecule has 2 aromatic carbocycles. The minimum atomic E-state index is -0.967. The number of nitrogens with two attached hydrogens (primary N) is 1. The largest absolute Gasteiger partial charge is 0.492 e. The van der Waals surface area contributed by atoms with E-state index in [-0.39, 0.29) is 17.7 Å². The predicted molar refractivity (Wildman–Crippen MR) is 121 cm³/mol. The molecule has 168 valence electrons. The average molecular weight is 437 g/mol. The number of furan rings is 1. The summed E-state index contributed by atoms with van der Waals surface area (Å²) in [6, 6.07) is 16.8.